The summed E-state index contributed by atoms with van der Waals surface area (Å²) in [5, 5.41) is 21.0. The van der Waals surface area contributed by atoms with E-state index in [-0.39, 0.29) is 41.1 Å². The van der Waals surface area contributed by atoms with Crippen LogP contribution in [0, 0.1) is 0 Å². The molecule has 0 aromatic heterocycles. The van der Waals surface area contributed by atoms with Gasteiger partial charge in [0, 0.05) is 11.6 Å². The molecule has 1 aliphatic carbocycles. The average Bonchev–Trinajstić information content (AvgIpc) is 2.80. The van der Waals surface area contributed by atoms with Gasteiger partial charge < -0.3 is 19.7 Å². The lowest BCUT2D eigenvalue weighted by molar-refractivity contribution is 0.0469. The zero-order chi connectivity index (χ0) is 24.5. The largest absolute Gasteiger partial charge is 0.508 e. The molecule has 4 rings (SSSR count). The molecule has 0 atom stereocenters. The molecule has 34 heavy (non-hydrogen) atoms. The summed E-state index contributed by atoms with van der Waals surface area (Å²) < 4.78 is 11.2. The number of ether oxygens (including phenoxy) is 2. The molecule has 3 aromatic carbocycles. The molecule has 0 spiro atoms. The number of hydrogen-bond acceptors (Lipinski definition) is 5. The molecule has 3 aromatic rings. The van der Waals surface area contributed by atoms with E-state index in [2.05, 4.69) is 27.7 Å². The molecule has 5 heteroatoms. The Morgan fingerprint density at radius 3 is 2.12 bits per heavy atom. The third-order valence-corrected chi connectivity index (χ3v) is 6.85. The molecule has 0 bridgehead atoms. The summed E-state index contributed by atoms with van der Waals surface area (Å²) in [6, 6.07) is 17.8. The van der Waals surface area contributed by atoms with Crippen molar-refractivity contribution in [3.8, 4) is 17.2 Å². The first-order chi connectivity index (χ1) is 16.1. The third kappa shape index (κ3) is 4.89. The van der Waals surface area contributed by atoms with Gasteiger partial charge in [0.15, 0.2) is 0 Å². The second-order valence-electron chi connectivity index (χ2n) is 10.3. The summed E-state index contributed by atoms with van der Waals surface area (Å²) in [4.78, 5) is 12.4. The van der Waals surface area contributed by atoms with Crippen LogP contribution in [-0.2, 0) is 28.8 Å². The smallest absolute Gasteiger partial charge is 0.342 e. The Kier molecular flexibility index (Phi) is 6.30. The van der Waals surface area contributed by atoms with Gasteiger partial charge in [0.1, 0.15) is 36.0 Å². The lowest BCUT2D eigenvalue weighted by atomic mass is 9.63. The van der Waals surface area contributed by atoms with E-state index in [0.29, 0.717) is 11.3 Å². The second kappa shape index (κ2) is 9.05. The number of phenols is 2. The molecule has 0 saturated carbocycles. The lowest BCUT2D eigenvalue weighted by Crippen LogP contribution is -2.34. The van der Waals surface area contributed by atoms with Crippen molar-refractivity contribution in [2.75, 3.05) is 0 Å². The third-order valence-electron chi connectivity index (χ3n) is 6.85. The van der Waals surface area contributed by atoms with Gasteiger partial charge in [0.2, 0.25) is 0 Å². The van der Waals surface area contributed by atoms with E-state index in [1.165, 1.54) is 23.3 Å². The maximum Gasteiger partial charge on any atom is 0.342 e. The number of phenolic OH excluding ortho intramolecular Hbond substituents is 2. The molecule has 0 aliphatic heterocycles. The maximum absolute atomic E-state index is 12.4. The molecule has 5 nitrogen and oxygen atoms in total. The molecule has 0 fully saturated rings. The standard InChI is InChI=1S/C29H32O5/c1-28(2)12-13-29(3,4)24-16-25(30)20(14-23(24)28)18-33-21-10-11-22(26(31)15-21)27(32)34-17-19-8-6-5-7-9-19/h5-11,14-16,30-31H,12-13,17-18H2,1-4H3. The molecule has 2 N–H and O–H groups in total. The van der Waals surface area contributed by atoms with Gasteiger partial charge in [-0.05, 0) is 64.6 Å². The van der Waals surface area contributed by atoms with Gasteiger partial charge in [-0.2, -0.15) is 0 Å². The van der Waals surface area contributed by atoms with Crippen LogP contribution in [0.1, 0.15) is 73.1 Å². The van der Waals surface area contributed by atoms with Crippen LogP contribution in [0.5, 0.6) is 17.2 Å². The summed E-state index contributed by atoms with van der Waals surface area (Å²) in [5.41, 5.74) is 4.08. The number of benzene rings is 3. The van der Waals surface area contributed by atoms with Crippen LogP contribution in [-0.4, -0.2) is 16.2 Å². The second-order valence-corrected chi connectivity index (χ2v) is 10.3. The number of carbonyl (C=O) groups is 1. The Bertz CT molecular complexity index is 1190. The van der Waals surface area contributed by atoms with E-state index in [0.717, 1.165) is 18.4 Å². The van der Waals surface area contributed by atoms with Crippen LogP contribution in [0.25, 0.3) is 0 Å². The number of aromatic hydroxyl groups is 2. The van der Waals surface area contributed by atoms with Crippen LogP contribution in [0.4, 0.5) is 0 Å². The van der Waals surface area contributed by atoms with E-state index < -0.39 is 5.97 Å². The SMILES string of the molecule is CC1(C)CCC(C)(C)c2cc(COc3ccc(C(=O)OCc4ccccc4)c(O)c3)c(O)cc21. The molecule has 0 unspecified atom stereocenters. The fourth-order valence-electron chi connectivity index (χ4n) is 4.50. The summed E-state index contributed by atoms with van der Waals surface area (Å²) in [5.74, 6) is -0.220. The van der Waals surface area contributed by atoms with Crippen molar-refractivity contribution < 1.29 is 24.5 Å². The van der Waals surface area contributed by atoms with Crippen LogP contribution in [0.15, 0.2) is 60.7 Å². The predicted octanol–water partition coefficient (Wildman–Crippen LogP) is 6.38. The molecule has 178 valence electrons. The highest BCUT2D eigenvalue weighted by molar-refractivity contribution is 5.92. The van der Waals surface area contributed by atoms with Crippen molar-refractivity contribution in [3.05, 3.63) is 88.5 Å². The minimum Gasteiger partial charge on any atom is -0.508 e. The Morgan fingerprint density at radius 1 is 0.824 bits per heavy atom. The fraction of sp³-hybridized carbons (Fsp3) is 0.345. The molecule has 1 aliphatic rings. The van der Waals surface area contributed by atoms with Gasteiger partial charge in [0.05, 0.1) is 0 Å². The topological polar surface area (TPSA) is 76.0 Å². The van der Waals surface area contributed by atoms with Crippen LogP contribution in [0.3, 0.4) is 0 Å². The number of carbonyl (C=O) groups excluding carboxylic acids is 1. The summed E-state index contributed by atoms with van der Waals surface area (Å²) in [6.07, 6.45) is 2.15. The normalized spacial score (nSPS) is 15.9. The Morgan fingerprint density at radius 2 is 1.47 bits per heavy atom. The highest BCUT2D eigenvalue weighted by Crippen LogP contribution is 2.47. The van der Waals surface area contributed by atoms with Crippen molar-refractivity contribution in [2.24, 2.45) is 0 Å². The monoisotopic (exact) mass is 460 g/mol. The Labute approximate surface area is 201 Å². The lowest BCUT2D eigenvalue weighted by Gasteiger charge is -2.42. The Hall–Kier alpha value is -3.47. The van der Waals surface area contributed by atoms with Crippen molar-refractivity contribution in [3.63, 3.8) is 0 Å². The van der Waals surface area contributed by atoms with E-state index >= 15 is 0 Å². The van der Waals surface area contributed by atoms with Crippen molar-refractivity contribution in [1.82, 2.24) is 0 Å². The highest BCUT2D eigenvalue weighted by Gasteiger charge is 2.37. The molecular weight excluding hydrogens is 428 g/mol. The van der Waals surface area contributed by atoms with Crippen LogP contribution in [0.2, 0.25) is 0 Å². The number of rotatable bonds is 6. The first kappa shape index (κ1) is 23.7. The van der Waals surface area contributed by atoms with E-state index in [1.54, 1.807) is 6.07 Å². The van der Waals surface area contributed by atoms with E-state index in [1.807, 2.05) is 42.5 Å². The predicted molar refractivity (Wildman–Crippen MR) is 131 cm³/mol. The van der Waals surface area contributed by atoms with Gasteiger partial charge in [-0.25, -0.2) is 4.79 Å². The van der Waals surface area contributed by atoms with Gasteiger partial charge in [-0.1, -0.05) is 58.0 Å². The Balaban J connectivity index is 1.46. The number of fused-ring (bicyclic) bond motifs is 1. The van der Waals surface area contributed by atoms with Crippen LogP contribution >= 0.6 is 0 Å². The van der Waals surface area contributed by atoms with Crippen molar-refractivity contribution in [2.45, 2.75) is 64.6 Å². The van der Waals surface area contributed by atoms with Crippen molar-refractivity contribution in [1.29, 1.82) is 0 Å². The minimum absolute atomic E-state index is 0.0124. The first-order valence-electron chi connectivity index (χ1n) is 11.6. The van der Waals surface area contributed by atoms with Crippen LogP contribution < -0.4 is 4.74 Å². The van der Waals surface area contributed by atoms with Gasteiger partial charge >= 0.3 is 5.97 Å². The summed E-state index contributed by atoms with van der Waals surface area (Å²) >= 11 is 0. The van der Waals surface area contributed by atoms with E-state index in [4.69, 9.17) is 9.47 Å². The highest BCUT2D eigenvalue weighted by atomic mass is 16.5. The zero-order valence-corrected chi connectivity index (χ0v) is 20.2. The quantitative estimate of drug-likeness (QED) is 0.417. The maximum atomic E-state index is 12.4. The number of hydrogen-bond donors (Lipinski definition) is 2. The molecule has 0 radical (unpaired) electrons. The zero-order valence-electron chi connectivity index (χ0n) is 20.2. The fourth-order valence-corrected chi connectivity index (χ4v) is 4.50. The van der Waals surface area contributed by atoms with Gasteiger partial charge in [-0.15, -0.1) is 0 Å². The van der Waals surface area contributed by atoms with E-state index in [9.17, 15) is 15.0 Å². The minimum atomic E-state index is -0.606. The van der Waals surface area contributed by atoms with Gasteiger partial charge in [0.25, 0.3) is 0 Å². The molecule has 0 saturated heterocycles. The summed E-state index contributed by atoms with van der Waals surface area (Å²) in [6.45, 7) is 9.17. The average molecular weight is 461 g/mol. The van der Waals surface area contributed by atoms with Crippen molar-refractivity contribution >= 4 is 5.97 Å². The summed E-state index contributed by atoms with van der Waals surface area (Å²) in [7, 11) is 0. The molecule has 0 heterocycles. The number of esters is 1. The van der Waals surface area contributed by atoms with Gasteiger partial charge in [-0.3, -0.25) is 0 Å². The molecular formula is C29H32O5. The first-order valence-corrected chi connectivity index (χ1v) is 11.6. The molecule has 0 amide bonds.